The number of benzene rings is 1. The lowest BCUT2D eigenvalue weighted by molar-refractivity contribution is 0.144. The molecule has 2 N–H and O–H groups in total. The Hall–Kier alpha value is -0.930. The van der Waals surface area contributed by atoms with E-state index in [4.69, 9.17) is 9.47 Å². The third-order valence-corrected chi connectivity index (χ3v) is 4.26. The number of ether oxygens (including phenoxy) is 2. The Bertz CT molecular complexity index is 557. The van der Waals surface area contributed by atoms with Crippen molar-refractivity contribution in [1.82, 2.24) is 10.0 Å². The van der Waals surface area contributed by atoms with Crippen molar-refractivity contribution in [3.05, 3.63) is 24.0 Å². The second-order valence-corrected chi connectivity index (χ2v) is 6.21. The third-order valence-electron chi connectivity index (χ3n) is 2.81. The van der Waals surface area contributed by atoms with Gasteiger partial charge in [0.05, 0.1) is 6.61 Å². The van der Waals surface area contributed by atoms with Crippen molar-refractivity contribution in [3.8, 4) is 5.75 Å². The monoisotopic (exact) mass is 356 g/mol. The highest BCUT2D eigenvalue weighted by Gasteiger charge is 2.21. The van der Waals surface area contributed by atoms with Crippen molar-refractivity contribution in [3.63, 3.8) is 0 Å². The quantitative estimate of drug-likeness (QED) is 0.649. The van der Waals surface area contributed by atoms with Gasteiger partial charge in [-0.25, -0.2) is 17.5 Å². The minimum absolute atomic E-state index is 0. The molecule has 1 atom stereocenters. The van der Waals surface area contributed by atoms with Crippen LogP contribution in [-0.2, 0) is 14.8 Å². The zero-order chi connectivity index (χ0) is 15.9. The molecule has 128 valence electrons. The molecule has 1 aromatic rings. The van der Waals surface area contributed by atoms with Gasteiger partial charge < -0.3 is 14.8 Å². The fraction of sp³-hybridized carbons (Fsp3) is 0.538. The fourth-order valence-corrected chi connectivity index (χ4v) is 2.75. The Labute approximate surface area is 136 Å². The van der Waals surface area contributed by atoms with E-state index in [1.165, 1.54) is 13.2 Å². The topological polar surface area (TPSA) is 76.7 Å². The summed E-state index contributed by atoms with van der Waals surface area (Å²) in [5.74, 6) is -0.547. The molecule has 0 saturated carbocycles. The van der Waals surface area contributed by atoms with Crippen LogP contribution < -0.4 is 14.8 Å². The molecular weight excluding hydrogens is 335 g/mol. The predicted octanol–water partition coefficient (Wildman–Crippen LogP) is 1.16. The Morgan fingerprint density at radius 1 is 1.32 bits per heavy atom. The Kier molecular flexibility index (Phi) is 9.54. The number of rotatable bonds is 9. The Morgan fingerprint density at radius 2 is 2.00 bits per heavy atom. The summed E-state index contributed by atoms with van der Waals surface area (Å²) in [6, 6.07) is 3.33. The molecule has 0 fully saturated rings. The summed E-state index contributed by atoms with van der Waals surface area (Å²) in [6.45, 7) is 2.50. The average molecular weight is 357 g/mol. The van der Waals surface area contributed by atoms with Gasteiger partial charge in [0, 0.05) is 19.7 Å². The van der Waals surface area contributed by atoms with Gasteiger partial charge in [0.1, 0.15) is 23.1 Å². The second kappa shape index (κ2) is 9.96. The first-order valence-corrected chi connectivity index (χ1v) is 7.97. The van der Waals surface area contributed by atoms with E-state index in [2.05, 4.69) is 10.0 Å². The van der Waals surface area contributed by atoms with Crippen molar-refractivity contribution < 1.29 is 22.3 Å². The second-order valence-electron chi connectivity index (χ2n) is 4.47. The molecule has 0 aliphatic carbocycles. The van der Waals surface area contributed by atoms with Crippen LogP contribution in [0.15, 0.2) is 23.1 Å². The molecule has 6 nitrogen and oxygen atoms in total. The molecule has 22 heavy (non-hydrogen) atoms. The highest BCUT2D eigenvalue weighted by Crippen LogP contribution is 2.24. The summed E-state index contributed by atoms with van der Waals surface area (Å²) in [7, 11) is -0.623. The summed E-state index contributed by atoms with van der Waals surface area (Å²) < 4.78 is 50.4. The lowest BCUT2D eigenvalue weighted by Gasteiger charge is -2.15. The molecule has 0 bridgehead atoms. The highest BCUT2D eigenvalue weighted by atomic mass is 35.5. The van der Waals surface area contributed by atoms with Gasteiger partial charge in [-0.15, -0.1) is 12.4 Å². The van der Waals surface area contributed by atoms with Gasteiger partial charge in [0.2, 0.25) is 10.0 Å². The molecule has 1 unspecified atom stereocenters. The first-order valence-electron chi connectivity index (χ1n) is 6.49. The van der Waals surface area contributed by atoms with E-state index in [1.54, 1.807) is 7.05 Å². The van der Waals surface area contributed by atoms with Crippen LogP contribution in [0.2, 0.25) is 0 Å². The maximum absolute atomic E-state index is 13.3. The minimum atomic E-state index is -3.85. The first-order chi connectivity index (χ1) is 9.90. The van der Waals surface area contributed by atoms with E-state index in [-0.39, 0.29) is 42.2 Å². The normalized spacial score (nSPS) is 12.5. The molecule has 1 aromatic carbocycles. The van der Waals surface area contributed by atoms with Gasteiger partial charge in [-0.3, -0.25) is 0 Å². The van der Waals surface area contributed by atoms with E-state index in [9.17, 15) is 12.8 Å². The third kappa shape index (κ3) is 6.45. The number of nitrogens with one attached hydrogen (secondary N) is 2. The molecule has 0 radical (unpaired) electrons. The van der Waals surface area contributed by atoms with Gasteiger partial charge in [-0.2, -0.15) is 0 Å². The Balaban J connectivity index is 0.00000441. The van der Waals surface area contributed by atoms with Crippen molar-refractivity contribution in [2.75, 3.05) is 33.9 Å². The molecule has 0 aliphatic heterocycles. The zero-order valence-electron chi connectivity index (χ0n) is 12.8. The number of methoxy groups -OCH3 is 1. The lowest BCUT2D eigenvalue weighted by Crippen LogP contribution is -2.37. The summed E-state index contributed by atoms with van der Waals surface area (Å²) in [5, 5.41) is 2.91. The molecule has 9 heteroatoms. The van der Waals surface area contributed by atoms with Crippen LogP contribution in [0, 0.1) is 5.82 Å². The van der Waals surface area contributed by atoms with Gasteiger partial charge in [-0.1, -0.05) is 0 Å². The van der Waals surface area contributed by atoms with Gasteiger partial charge in [0.15, 0.2) is 0 Å². The molecule has 0 spiro atoms. The maximum atomic E-state index is 13.3. The van der Waals surface area contributed by atoms with E-state index >= 15 is 0 Å². The van der Waals surface area contributed by atoms with E-state index < -0.39 is 15.8 Å². The summed E-state index contributed by atoms with van der Waals surface area (Å²) >= 11 is 0. The van der Waals surface area contributed by atoms with Crippen molar-refractivity contribution >= 4 is 22.4 Å². The number of halogens is 2. The fourth-order valence-electron chi connectivity index (χ4n) is 1.46. The van der Waals surface area contributed by atoms with Crippen molar-refractivity contribution in [2.24, 2.45) is 0 Å². The van der Waals surface area contributed by atoms with Gasteiger partial charge >= 0.3 is 0 Å². The predicted molar refractivity (Wildman–Crippen MR) is 84.7 cm³/mol. The van der Waals surface area contributed by atoms with Crippen LogP contribution in [0.5, 0.6) is 5.75 Å². The van der Waals surface area contributed by atoms with Crippen LogP contribution >= 0.6 is 12.4 Å². The van der Waals surface area contributed by atoms with Crippen LogP contribution in [-0.4, -0.2) is 48.4 Å². The molecule has 0 amide bonds. The van der Waals surface area contributed by atoms with Crippen LogP contribution in [0.4, 0.5) is 4.39 Å². The summed E-state index contributed by atoms with van der Waals surface area (Å²) in [5.41, 5.74) is 0. The van der Waals surface area contributed by atoms with Crippen LogP contribution in [0.1, 0.15) is 6.92 Å². The number of likely N-dealkylation sites (N-methyl/N-ethyl adjacent to an activating group) is 1. The highest BCUT2D eigenvalue weighted by molar-refractivity contribution is 7.89. The van der Waals surface area contributed by atoms with E-state index in [1.807, 2.05) is 6.92 Å². The zero-order valence-corrected chi connectivity index (χ0v) is 14.4. The summed E-state index contributed by atoms with van der Waals surface area (Å²) in [6.07, 6.45) is 0. The van der Waals surface area contributed by atoms with Crippen LogP contribution in [0.25, 0.3) is 0 Å². The number of hydrogen-bond donors (Lipinski definition) is 2. The molecule has 0 aromatic heterocycles. The molecule has 1 rings (SSSR count). The number of hydrogen-bond acceptors (Lipinski definition) is 5. The molecular formula is C13H22ClFN2O4S. The van der Waals surface area contributed by atoms with Gasteiger partial charge in [-0.05, 0) is 32.2 Å². The maximum Gasteiger partial charge on any atom is 0.244 e. The Morgan fingerprint density at radius 3 is 2.59 bits per heavy atom. The standard InChI is InChI=1S/C13H21FN2O4S.ClH/c1-10(15-2)9-16-21(17,18)13-8-11(14)4-5-12(13)20-7-6-19-3;/h4-5,8,10,15-16H,6-7,9H2,1-3H3;1H. The van der Waals surface area contributed by atoms with E-state index in [0.29, 0.717) is 6.61 Å². The van der Waals surface area contributed by atoms with Crippen molar-refractivity contribution in [1.29, 1.82) is 0 Å². The number of sulfonamides is 1. The SMILES string of the molecule is CNC(C)CNS(=O)(=O)c1cc(F)ccc1OCCOC.Cl. The summed E-state index contributed by atoms with van der Waals surface area (Å²) in [4.78, 5) is -0.220. The average Bonchev–Trinajstić information content (AvgIpc) is 2.46. The molecule has 0 saturated heterocycles. The lowest BCUT2D eigenvalue weighted by atomic mass is 10.3. The minimum Gasteiger partial charge on any atom is -0.490 e. The first kappa shape index (κ1) is 21.1. The van der Waals surface area contributed by atoms with Gasteiger partial charge in [0.25, 0.3) is 0 Å². The van der Waals surface area contributed by atoms with E-state index in [0.717, 1.165) is 12.1 Å². The van der Waals surface area contributed by atoms with Crippen LogP contribution in [0.3, 0.4) is 0 Å². The smallest absolute Gasteiger partial charge is 0.244 e. The molecule has 0 heterocycles. The molecule has 0 aliphatic rings. The largest absolute Gasteiger partial charge is 0.490 e. The van der Waals surface area contributed by atoms with Crippen molar-refractivity contribution in [2.45, 2.75) is 17.9 Å².